The Hall–Kier alpha value is -1.83. The second kappa shape index (κ2) is 8.32. The lowest BCUT2D eigenvalue weighted by Crippen LogP contribution is -2.45. The molecule has 9 heteroatoms. The molecular weight excluding hydrogens is 357 g/mol. The monoisotopic (exact) mass is 373 g/mol. The van der Waals surface area contributed by atoms with Crippen LogP contribution in [0.1, 0.15) is 12.8 Å². The largest absolute Gasteiger partial charge is 0.480 e. The van der Waals surface area contributed by atoms with Crippen molar-refractivity contribution in [1.29, 1.82) is 0 Å². The molecule has 0 aromatic heterocycles. The summed E-state index contributed by atoms with van der Waals surface area (Å²) < 4.78 is 0. The zero-order chi connectivity index (χ0) is 17.7. The van der Waals surface area contributed by atoms with Crippen LogP contribution in [-0.4, -0.2) is 53.5 Å². The van der Waals surface area contributed by atoms with E-state index in [0.29, 0.717) is 28.7 Å². The van der Waals surface area contributed by atoms with E-state index in [4.69, 9.17) is 28.3 Å². The number of rotatable bonds is 6. The number of benzene rings is 1. The van der Waals surface area contributed by atoms with E-state index in [1.807, 2.05) is 0 Å². The Morgan fingerprint density at radius 2 is 1.88 bits per heavy atom. The molecule has 1 fully saturated rings. The molecule has 7 nitrogen and oxygen atoms in total. The van der Waals surface area contributed by atoms with Gasteiger partial charge in [0.15, 0.2) is 0 Å². The molecule has 1 atom stereocenters. The summed E-state index contributed by atoms with van der Waals surface area (Å²) in [5, 5.41) is 14.4. The van der Waals surface area contributed by atoms with Crippen LogP contribution in [0.4, 0.5) is 5.69 Å². The molecule has 0 radical (unpaired) electrons. The van der Waals surface area contributed by atoms with Crippen molar-refractivity contribution in [3.8, 4) is 0 Å². The van der Waals surface area contributed by atoms with Gasteiger partial charge in [-0.15, -0.1) is 0 Å². The van der Waals surface area contributed by atoms with Gasteiger partial charge in [0.25, 0.3) is 0 Å². The van der Waals surface area contributed by atoms with Gasteiger partial charge in [-0.2, -0.15) is 0 Å². The van der Waals surface area contributed by atoms with Crippen molar-refractivity contribution in [2.45, 2.75) is 18.9 Å². The molecule has 24 heavy (non-hydrogen) atoms. The summed E-state index contributed by atoms with van der Waals surface area (Å²) in [6, 6.07) is 4.28. The summed E-state index contributed by atoms with van der Waals surface area (Å²) in [6.07, 6.45) is 1.40. The van der Waals surface area contributed by atoms with E-state index in [0.717, 1.165) is 6.42 Å². The van der Waals surface area contributed by atoms with Gasteiger partial charge in [0.1, 0.15) is 6.54 Å². The quantitative estimate of drug-likeness (QED) is 0.703. The Kier molecular flexibility index (Phi) is 6.42. The molecule has 0 bridgehead atoms. The lowest BCUT2D eigenvalue weighted by molar-refractivity contribution is -0.138. The van der Waals surface area contributed by atoms with Gasteiger partial charge in [0, 0.05) is 15.7 Å². The summed E-state index contributed by atoms with van der Waals surface area (Å²) in [5.41, 5.74) is 0.486. The summed E-state index contributed by atoms with van der Waals surface area (Å²) in [5.74, 6) is -1.79. The number of hydrogen-bond acceptors (Lipinski definition) is 4. The predicted octanol–water partition coefficient (Wildman–Crippen LogP) is 1.60. The number of carboxylic acids is 1. The third-order valence-electron chi connectivity index (χ3n) is 3.58. The average Bonchev–Trinajstić information content (AvgIpc) is 2.92. The lowest BCUT2D eigenvalue weighted by atomic mass is 10.2. The highest BCUT2D eigenvalue weighted by Gasteiger charge is 2.32. The lowest BCUT2D eigenvalue weighted by Gasteiger charge is -2.23. The minimum absolute atomic E-state index is 0.0261. The van der Waals surface area contributed by atoms with Gasteiger partial charge >= 0.3 is 5.97 Å². The maximum atomic E-state index is 12.4. The number of nitrogens with one attached hydrogen (secondary N) is 2. The first-order valence-electron chi connectivity index (χ1n) is 7.34. The molecular formula is C15H17Cl2N3O4. The number of halogens is 2. The van der Waals surface area contributed by atoms with Crippen molar-refractivity contribution in [3.63, 3.8) is 0 Å². The Morgan fingerprint density at radius 1 is 1.21 bits per heavy atom. The van der Waals surface area contributed by atoms with Crippen LogP contribution in [0.15, 0.2) is 18.2 Å². The molecule has 0 saturated carbocycles. The van der Waals surface area contributed by atoms with Crippen molar-refractivity contribution in [2.24, 2.45) is 0 Å². The third kappa shape index (κ3) is 5.36. The van der Waals surface area contributed by atoms with Crippen LogP contribution in [-0.2, 0) is 14.4 Å². The number of carboxylic acid groups (broad SMARTS) is 1. The first kappa shape index (κ1) is 18.5. The molecule has 3 N–H and O–H groups in total. The van der Waals surface area contributed by atoms with Gasteiger partial charge in [-0.1, -0.05) is 23.2 Å². The smallest absolute Gasteiger partial charge is 0.322 e. The standard InChI is InChI=1S/C15H17Cl2N3O4/c16-9-4-10(17)6-11(5-9)19-15(24)12-2-1-3-20(12)8-13(21)18-7-14(22)23/h4-6,12H,1-3,7-8H2,(H,18,21)(H,19,24)(H,22,23). The summed E-state index contributed by atoms with van der Waals surface area (Å²) in [6.45, 7) is 0.126. The third-order valence-corrected chi connectivity index (χ3v) is 4.02. The minimum atomic E-state index is -1.11. The van der Waals surface area contributed by atoms with Crippen LogP contribution in [0, 0.1) is 0 Å². The number of hydrogen-bond donors (Lipinski definition) is 3. The summed E-state index contributed by atoms with van der Waals surface area (Å²) >= 11 is 11.8. The first-order chi connectivity index (χ1) is 11.3. The average molecular weight is 374 g/mol. The maximum absolute atomic E-state index is 12.4. The van der Waals surface area contributed by atoms with Gasteiger partial charge < -0.3 is 15.7 Å². The minimum Gasteiger partial charge on any atom is -0.480 e. The number of carbonyl (C=O) groups excluding carboxylic acids is 2. The highest BCUT2D eigenvalue weighted by atomic mass is 35.5. The van der Waals surface area contributed by atoms with Gasteiger partial charge in [-0.3, -0.25) is 19.3 Å². The second-order valence-corrected chi connectivity index (χ2v) is 6.32. The molecule has 0 spiro atoms. The number of likely N-dealkylation sites (tertiary alicyclic amines) is 1. The van der Waals surface area contributed by atoms with Gasteiger partial charge in [0.05, 0.1) is 12.6 Å². The van der Waals surface area contributed by atoms with Crippen molar-refractivity contribution in [3.05, 3.63) is 28.2 Å². The van der Waals surface area contributed by atoms with Crippen molar-refractivity contribution in [1.82, 2.24) is 10.2 Å². The van der Waals surface area contributed by atoms with Crippen LogP contribution in [0.5, 0.6) is 0 Å². The Morgan fingerprint density at radius 3 is 2.50 bits per heavy atom. The van der Waals surface area contributed by atoms with E-state index in [1.165, 1.54) is 0 Å². The van der Waals surface area contributed by atoms with E-state index in [1.54, 1.807) is 23.1 Å². The highest BCUT2D eigenvalue weighted by molar-refractivity contribution is 6.35. The Labute approximate surface area is 148 Å². The SMILES string of the molecule is O=C(O)CNC(=O)CN1CCCC1C(=O)Nc1cc(Cl)cc(Cl)c1. The zero-order valence-corrected chi connectivity index (χ0v) is 14.2. The molecule has 0 aliphatic carbocycles. The topological polar surface area (TPSA) is 98.7 Å². The normalized spacial score (nSPS) is 17.5. The molecule has 1 saturated heterocycles. The van der Waals surface area contributed by atoms with Crippen LogP contribution in [0.25, 0.3) is 0 Å². The fraction of sp³-hybridized carbons (Fsp3) is 0.400. The summed E-state index contributed by atoms with van der Waals surface area (Å²) in [7, 11) is 0. The Balaban J connectivity index is 1.95. The van der Waals surface area contributed by atoms with Crippen LogP contribution >= 0.6 is 23.2 Å². The molecule has 1 aliphatic rings. The molecule has 130 valence electrons. The second-order valence-electron chi connectivity index (χ2n) is 5.45. The molecule has 1 aliphatic heterocycles. The van der Waals surface area contributed by atoms with Gasteiger partial charge in [-0.25, -0.2) is 0 Å². The highest BCUT2D eigenvalue weighted by Crippen LogP contribution is 2.24. The van der Waals surface area contributed by atoms with Crippen molar-refractivity contribution < 1.29 is 19.5 Å². The number of carbonyl (C=O) groups is 3. The van der Waals surface area contributed by atoms with E-state index in [-0.39, 0.29) is 12.5 Å². The van der Waals surface area contributed by atoms with E-state index >= 15 is 0 Å². The molecule has 1 aromatic carbocycles. The molecule has 1 unspecified atom stereocenters. The van der Waals surface area contributed by atoms with Crippen molar-refractivity contribution in [2.75, 3.05) is 25.0 Å². The maximum Gasteiger partial charge on any atom is 0.322 e. The van der Waals surface area contributed by atoms with Gasteiger partial charge in [-0.05, 0) is 37.6 Å². The predicted molar refractivity (Wildman–Crippen MR) is 90.3 cm³/mol. The molecule has 1 aromatic rings. The van der Waals surface area contributed by atoms with E-state index < -0.39 is 24.5 Å². The van der Waals surface area contributed by atoms with Gasteiger partial charge in [0.2, 0.25) is 11.8 Å². The van der Waals surface area contributed by atoms with E-state index in [2.05, 4.69) is 10.6 Å². The fourth-order valence-corrected chi connectivity index (χ4v) is 3.10. The fourth-order valence-electron chi connectivity index (χ4n) is 2.58. The van der Waals surface area contributed by atoms with E-state index in [9.17, 15) is 14.4 Å². The molecule has 2 amide bonds. The zero-order valence-electron chi connectivity index (χ0n) is 12.7. The molecule has 2 rings (SSSR count). The first-order valence-corrected chi connectivity index (χ1v) is 8.10. The summed E-state index contributed by atoms with van der Waals surface area (Å²) in [4.78, 5) is 36.3. The van der Waals surface area contributed by atoms with Crippen molar-refractivity contribution >= 4 is 46.7 Å². The Bertz CT molecular complexity index is 633. The van der Waals surface area contributed by atoms with Crippen LogP contribution in [0.3, 0.4) is 0 Å². The molecule has 1 heterocycles. The number of nitrogens with zero attached hydrogens (tertiary/aromatic N) is 1. The number of anilines is 1. The van der Waals surface area contributed by atoms with Crippen LogP contribution < -0.4 is 10.6 Å². The number of amides is 2. The number of aliphatic carboxylic acids is 1. The van der Waals surface area contributed by atoms with Crippen LogP contribution in [0.2, 0.25) is 10.0 Å².